The summed E-state index contributed by atoms with van der Waals surface area (Å²) in [5.41, 5.74) is 0. The molecule has 0 N–H and O–H groups in total. The second-order valence-electron chi connectivity index (χ2n) is 6.71. The first-order valence-corrected chi connectivity index (χ1v) is 8.26. The van der Waals surface area contributed by atoms with Crippen LogP contribution in [0.3, 0.4) is 0 Å². The third-order valence-corrected chi connectivity index (χ3v) is 4.35. The molecule has 0 saturated carbocycles. The molecule has 4 heteroatoms. The zero-order chi connectivity index (χ0) is 14.8. The van der Waals surface area contributed by atoms with Crippen LogP contribution in [0.15, 0.2) is 12.7 Å². The predicted molar refractivity (Wildman–Crippen MR) is 85.6 cm³/mol. The smallest absolute Gasteiger partial charge is 0.222 e. The summed E-state index contributed by atoms with van der Waals surface area (Å²) in [5.74, 6) is 0.372. The fraction of sp³-hybridized carbons (Fsp3) is 0.824. The van der Waals surface area contributed by atoms with Crippen LogP contribution >= 0.6 is 0 Å². The van der Waals surface area contributed by atoms with Gasteiger partial charge in [0.25, 0.3) is 0 Å². The Balaban J connectivity index is 0.00000400. The lowest BCUT2D eigenvalue weighted by atomic mass is 10.1. The molecule has 3 nitrogen and oxygen atoms in total. The van der Waals surface area contributed by atoms with Crippen LogP contribution in [0.25, 0.3) is 0 Å². The first-order valence-electron chi connectivity index (χ1n) is 8.26. The number of hydrogen-bond donors (Lipinski definition) is 0. The molecule has 1 saturated heterocycles. The van der Waals surface area contributed by atoms with Crippen molar-refractivity contribution >= 4 is 5.91 Å². The van der Waals surface area contributed by atoms with Gasteiger partial charge in [0.05, 0.1) is 40.3 Å². The minimum absolute atomic E-state index is 0. The van der Waals surface area contributed by atoms with E-state index in [0.29, 0.717) is 5.91 Å². The number of nitrogens with zero attached hydrogens (tertiary/aromatic N) is 2. The largest absolute Gasteiger partial charge is 1.00 e. The van der Waals surface area contributed by atoms with Crippen molar-refractivity contribution in [3.63, 3.8) is 0 Å². The summed E-state index contributed by atoms with van der Waals surface area (Å²) >= 11 is 0. The quantitative estimate of drug-likeness (QED) is 0.231. The van der Waals surface area contributed by atoms with E-state index in [1.807, 2.05) is 6.08 Å². The second-order valence-corrected chi connectivity index (χ2v) is 6.71. The monoisotopic (exact) mass is 408 g/mol. The number of likely N-dealkylation sites (N-methyl/N-ethyl adjacent to an activating group) is 1. The zero-order valence-electron chi connectivity index (χ0n) is 14.0. The summed E-state index contributed by atoms with van der Waals surface area (Å²) in [6.45, 7) is 7.80. The van der Waals surface area contributed by atoms with Gasteiger partial charge in [-0.15, -0.1) is 6.58 Å². The summed E-state index contributed by atoms with van der Waals surface area (Å²) in [4.78, 5) is 14.2. The van der Waals surface area contributed by atoms with Gasteiger partial charge in [0.15, 0.2) is 0 Å². The number of carbonyl (C=O) groups excluding carboxylic acids is 1. The average molecular weight is 408 g/mol. The lowest BCUT2D eigenvalue weighted by Crippen LogP contribution is -3.00. The van der Waals surface area contributed by atoms with Crippen molar-refractivity contribution in [3.8, 4) is 0 Å². The number of rotatable bonds is 9. The average Bonchev–Trinajstić information content (AvgIpc) is 2.41. The normalized spacial score (nSPS) is 17.1. The highest BCUT2D eigenvalue weighted by Gasteiger charge is 2.26. The Morgan fingerprint density at radius 2 is 1.57 bits per heavy atom. The number of hydrogen-bond acceptors (Lipinski definition) is 1. The first kappa shape index (κ1) is 20.9. The summed E-state index contributed by atoms with van der Waals surface area (Å²) < 4.78 is 1.05. The molecular formula is C17H33IN2O. The number of allylic oxidation sites excluding steroid dienone is 1. The van der Waals surface area contributed by atoms with Gasteiger partial charge < -0.3 is 33.4 Å². The van der Waals surface area contributed by atoms with Gasteiger partial charge in [0.1, 0.15) is 0 Å². The van der Waals surface area contributed by atoms with Gasteiger partial charge in [-0.2, -0.15) is 0 Å². The van der Waals surface area contributed by atoms with E-state index in [1.165, 1.54) is 32.1 Å². The van der Waals surface area contributed by atoms with Gasteiger partial charge in [0, 0.05) is 6.42 Å². The van der Waals surface area contributed by atoms with Gasteiger partial charge in [0.2, 0.25) is 5.91 Å². The molecule has 0 atom stereocenters. The number of amides is 1. The van der Waals surface area contributed by atoms with Crippen LogP contribution in [0.1, 0.15) is 51.4 Å². The molecule has 21 heavy (non-hydrogen) atoms. The van der Waals surface area contributed by atoms with Crippen LogP contribution in [0, 0.1) is 0 Å². The maximum atomic E-state index is 12.1. The summed E-state index contributed by atoms with van der Waals surface area (Å²) in [6, 6.07) is 0. The summed E-state index contributed by atoms with van der Waals surface area (Å²) in [6.07, 6.45) is 11.3. The highest BCUT2D eigenvalue weighted by Crippen LogP contribution is 2.12. The van der Waals surface area contributed by atoms with E-state index in [9.17, 15) is 4.79 Å². The minimum atomic E-state index is 0. The SMILES string of the molecule is C=CCCCCCCCCC(=O)N1CC[N+](C)(C)CC1.[I-]. The molecule has 0 aliphatic carbocycles. The van der Waals surface area contributed by atoms with Gasteiger partial charge in [-0.25, -0.2) is 0 Å². The van der Waals surface area contributed by atoms with Crippen LogP contribution in [0.2, 0.25) is 0 Å². The van der Waals surface area contributed by atoms with E-state index in [0.717, 1.165) is 49.9 Å². The van der Waals surface area contributed by atoms with E-state index in [4.69, 9.17) is 0 Å². The maximum absolute atomic E-state index is 12.1. The molecule has 124 valence electrons. The Kier molecular flexibility index (Phi) is 11.4. The molecule has 0 aromatic carbocycles. The van der Waals surface area contributed by atoms with Gasteiger partial charge in [-0.05, 0) is 19.3 Å². The number of quaternary nitrogens is 1. The van der Waals surface area contributed by atoms with Gasteiger partial charge in [-0.1, -0.05) is 31.8 Å². The van der Waals surface area contributed by atoms with Gasteiger partial charge in [-0.3, -0.25) is 4.79 Å². The molecule has 1 amide bonds. The summed E-state index contributed by atoms with van der Waals surface area (Å²) in [7, 11) is 4.49. The van der Waals surface area contributed by atoms with Crippen molar-refractivity contribution < 1.29 is 33.3 Å². The Labute approximate surface area is 148 Å². The second kappa shape index (κ2) is 11.5. The van der Waals surface area contributed by atoms with E-state index in [2.05, 4.69) is 25.6 Å². The molecule has 1 rings (SSSR count). The standard InChI is InChI=1S/C17H33N2O.HI/c1-4-5-6-7-8-9-10-11-12-17(20)18-13-15-19(2,3)16-14-18;/h4H,1,5-16H2,2-3H3;1H/q+1;/p-1. The Hall–Kier alpha value is -0.100. The third-order valence-electron chi connectivity index (χ3n) is 4.35. The fourth-order valence-corrected chi connectivity index (χ4v) is 2.69. The van der Waals surface area contributed by atoms with Crippen LogP contribution < -0.4 is 24.0 Å². The third kappa shape index (κ3) is 9.51. The highest BCUT2D eigenvalue weighted by atomic mass is 127. The number of halogens is 1. The van der Waals surface area contributed by atoms with Crippen LogP contribution in [-0.4, -0.2) is 55.6 Å². The lowest BCUT2D eigenvalue weighted by molar-refractivity contribution is -0.894. The van der Waals surface area contributed by atoms with Crippen LogP contribution in [-0.2, 0) is 4.79 Å². The van der Waals surface area contributed by atoms with Crippen LogP contribution in [0.5, 0.6) is 0 Å². The molecule has 1 aliphatic rings. The predicted octanol–water partition coefficient (Wildman–Crippen LogP) is 0.216. The molecule has 1 heterocycles. The number of unbranched alkanes of at least 4 members (excludes halogenated alkanes) is 6. The fourth-order valence-electron chi connectivity index (χ4n) is 2.69. The van der Waals surface area contributed by atoms with Crippen molar-refractivity contribution in [1.82, 2.24) is 4.90 Å². The topological polar surface area (TPSA) is 20.3 Å². The Bertz CT molecular complexity index is 295. The molecule has 1 fully saturated rings. The molecule has 0 radical (unpaired) electrons. The van der Waals surface area contributed by atoms with E-state index >= 15 is 0 Å². The van der Waals surface area contributed by atoms with Crippen LogP contribution in [0.4, 0.5) is 0 Å². The molecule has 1 aliphatic heterocycles. The molecule has 0 unspecified atom stereocenters. The van der Waals surface area contributed by atoms with E-state index < -0.39 is 0 Å². The lowest BCUT2D eigenvalue weighted by Gasteiger charge is -2.39. The number of carbonyl (C=O) groups is 1. The maximum Gasteiger partial charge on any atom is 0.222 e. The molecule has 0 aromatic heterocycles. The summed E-state index contributed by atoms with van der Waals surface area (Å²) in [5, 5.41) is 0. The Morgan fingerprint density at radius 1 is 1.05 bits per heavy atom. The molecular weight excluding hydrogens is 375 g/mol. The van der Waals surface area contributed by atoms with Crippen molar-refractivity contribution in [2.75, 3.05) is 40.3 Å². The van der Waals surface area contributed by atoms with Crippen molar-refractivity contribution in [3.05, 3.63) is 12.7 Å². The molecule has 0 spiro atoms. The number of piperazine rings is 1. The zero-order valence-corrected chi connectivity index (χ0v) is 16.1. The van der Waals surface area contributed by atoms with E-state index in [1.54, 1.807) is 0 Å². The van der Waals surface area contributed by atoms with Crippen molar-refractivity contribution in [2.45, 2.75) is 51.4 Å². The van der Waals surface area contributed by atoms with Gasteiger partial charge >= 0.3 is 0 Å². The Morgan fingerprint density at radius 3 is 2.14 bits per heavy atom. The molecule has 0 aromatic rings. The minimum Gasteiger partial charge on any atom is -1.00 e. The van der Waals surface area contributed by atoms with Crippen molar-refractivity contribution in [2.24, 2.45) is 0 Å². The highest BCUT2D eigenvalue weighted by molar-refractivity contribution is 5.76. The van der Waals surface area contributed by atoms with Crippen molar-refractivity contribution in [1.29, 1.82) is 0 Å². The molecule has 0 bridgehead atoms. The first-order chi connectivity index (χ1) is 9.55. The van der Waals surface area contributed by atoms with E-state index in [-0.39, 0.29) is 24.0 Å².